The fraction of sp³-hybridized carbons (Fsp3) is 0.667. The van der Waals surface area contributed by atoms with Crippen LogP contribution in [0.2, 0.25) is 0 Å². The molecular weight excluding hydrogens is 166 g/mol. The Balaban J connectivity index is 3.84. The average molecular weight is 181 g/mol. The van der Waals surface area contributed by atoms with Gasteiger partial charge in [0.2, 0.25) is 0 Å². The Hall–Kier alpha value is -1.37. The molecular formula is C9H15N3O. The van der Waals surface area contributed by atoms with Crippen LogP contribution in [0, 0.1) is 17.2 Å². The van der Waals surface area contributed by atoms with Crippen molar-refractivity contribution in [2.45, 2.75) is 33.6 Å². The molecule has 0 saturated carbocycles. The van der Waals surface area contributed by atoms with E-state index in [1.54, 1.807) is 6.07 Å². The van der Waals surface area contributed by atoms with E-state index in [4.69, 9.17) is 5.26 Å². The van der Waals surface area contributed by atoms with E-state index < -0.39 is 0 Å². The fourth-order valence-electron chi connectivity index (χ4n) is 0.906. The lowest BCUT2D eigenvalue weighted by atomic mass is 10.1. The van der Waals surface area contributed by atoms with Crippen LogP contribution in [0.4, 0.5) is 0 Å². The number of hydrogen-bond acceptors (Lipinski definition) is 3. The van der Waals surface area contributed by atoms with Crippen LogP contribution in [0.1, 0.15) is 33.6 Å². The fourth-order valence-corrected chi connectivity index (χ4v) is 0.906. The van der Waals surface area contributed by atoms with Gasteiger partial charge in [-0.1, -0.05) is 13.8 Å². The highest BCUT2D eigenvalue weighted by Crippen LogP contribution is 2.00. The second kappa shape index (κ2) is 6.18. The van der Waals surface area contributed by atoms with Gasteiger partial charge in [-0.05, 0) is 19.3 Å². The highest BCUT2D eigenvalue weighted by Gasteiger charge is 1.99. The van der Waals surface area contributed by atoms with Crippen LogP contribution in [0.3, 0.4) is 0 Å². The Morgan fingerprint density at radius 3 is 2.69 bits per heavy atom. The van der Waals surface area contributed by atoms with Crippen LogP contribution in [-0.2, 0) is 4.79 Å². The third-order valence-corrected chi connectivity index (χ3v) is 1.31. The molecule has 1 N–H and O–H groups in total. The van der Waals surface area contributed by atoms with Crippen molar-refractivity contribution in [2.75, 3.05) is 0 Å². The molecule has 4 nitrogen and oxygen atoms in total. The van der Waals surface area contributed by atoms with Crippen molar-refractivity contribution in [3.63, 3.8) is 0 Å². The van der Waals surface area contributed by atoms with Crippen LogP contribution >= 0.6 is 0 Å². The van der Waals surface area contributed by atoms with Gasteiger partial charge in [0.25, 0.3) is 5.91 Å². The number of carbonyl (C=O) groups is 1. The minimum absolute atomic E-state index is 0.140. The topological polar surface area (TPSA) is 65.2 Å². The Bertz CT molecular complexity index is 238. The molecule has 0 saturated heterocycles. The number of amides is 1. The van der Waals surface area contributed by atoms with Crippen molar-refractivity contribution in [1.82, 2.24) is 5.43 Å². The predicted octanol–water partition coefficient (Wildman–Crippen LogP) is 1.44. The molecule has 13 heavy (non-hydrogen) atoms. The van der Waals surface area contributed by atoms with Gasteiger partial charge >= 0.3 is 0 Å². The van der Waals surface area contributed by atoms with Gasteiger partial charge in [0.05, 0.1) is 6.07 Å². The van der Waals surface area contributed by atoms with Gasteiger partial charge in [0.15, 0.2) is 0 Å². The molecule has 0 atom stereocenters. The SMILES string of the molecule is C/C(CC(C)C)=N\NC(=O)CC#N. The summed E-state index contributed by atoms with van der Waals surface area (Å²) in [6.07, 6.45) is 0.714. The number of carbonyl (C=O) groups excluding carboxylic acids is 1. The molecule has 0 aromatic carbocycles. The number of nitrogens with zero attached hydrogens (tertiary/aromatic N) is 2. The first-order chi connectivity index (χ1) is 6.06. The van der Waals surface area contributed by atoms with E-state index in [0.29, 0.717) is 5.92 Å². The normalized spacial score (nSPS) is 11.2. The Kier molecular flexibility index (Phi) is 5.53. The molecule has 0 heterocycles. The second-order valence-electron chi connectivity index (χ2n) is 3.31. The molecule has 0 aromatic heterocycles. The van der Waals surface area contributed by atoms with Gasteiger partial charge in [0, 0.05) is 5.71 Å². The summed E-state index contributed by atoms with van der Waals surface area (Å²) in [7, 11) is 0. The summed E-state index contributed by atoms with van der Waals surface area (Å²) in [5.41, 5.74) is 3.19. The molecule has 0 aromatic rings. The van der Waals surface area contributed by atoms with E-state index in [-0.39, 0.29) is 12.3 Å². The van der Waals surface area contributed by atoms with Crippen molar-refractivity contribution in [3.8, 4) is 6.07 Å². The zero-order valence-corrected chi connectivity index (χ0v) is 8.29. The monoisotopic (exact) mass is 181 g/mol. The maximum atomic E-state index is 10.8. The van der Waals surface area contributed by atoms with E-state index in [1.807, 2.05) is 6.92 Å². The highest BCUT2D eigenvalue weighted by atomic mass is 16.2. The maximum absolute atomic E-state index is 10.8. The summed E-state index contributed by atoms with van der Waals surface area (Å²) in [5.74, 6) is 0.169. The Morgan fingerprint density at radius 2 is 2.23 bits per heavy atom. The molecule has 1 amide bonds. The lowest BCUT2D eigenvalue weighted by molar-refractivity contribution is -0.120. The standard InChI is InChI=1S/C9H15N3O/c1-7(2)6-8(3)11-12-9(13)4-5-10/h7H,4,6H2,1-3H3,(H,12,13)/b11-8+. The summed E-state index contributed by atoms with van der Waals surface area (Å²) < 4.78 is 0. The summed E-state index contributed by atoms with van der Waals surface area (Å²) in [5, 5.41) is 12.0. The van der Waals surface area contributed by atoms with Gasteiger partial charge in [-0.25, -0.2) is 5.43 Å². The van der Waals surface area contributed by atoms with E-state index >= 15 is 0 Å². The summed E-state index contributed by atoms with van der Waals surface area (Å²) >= 11 is 0. The molecule has 0 radical (unpaired) electrons. The molecule has 0 aliphatic heterocycles. The van der Waals surface area contributed by atoms with Crippen LogP contribution < -0.4 is 5.43 Å². The smallest absolute Gasteiger partial charge is 0.254 e. The Morgan fingerprint density at radius 1 is 1.62 bits per heavy atom. The van der Waals surface area contributed by atoms with Crippen LogP contribution in [-0.4, -0.2) is 11.6 Å². The first-order valence-corrected chi connectivity index (χ1v) is 4.25. The molecule has 0 aliphatic carbocycles. The molecule has 0 spiro atoms. The van der Waals surface area contributed by atoms with Crippen LogP contribution in [0.5, 0.6) is 0 Å². The van der Waals surface area contributed by atoms with Crippen LogP contribution in [0.15, 0.2) is 5.10 Å². The first kappa shape index (κ1) is 11.6. The largest absolute Gasteiger partial charge is 0.272 e. The second-order valence-corrected chi connectivity index (χ2v) is 3.31. The third-order valence-electron chi connectivity index (χ3n) is 1.31. The lowest BCUT2D eigenvalue weighted by Gasteiger charge is -2.03. The van der Waals surface area contributed by atoms with Gasteiger partial charge in [-0.15, -0.1) is 0 Å². The molecule has 0 unspecified atom stereocenters. The van der Waals surface area contributed by atoms with Crippen molar-refractivity contribution in [3.05, 3.63) is 0 Å². The average Bonchev–Trinajstić information content (AvgIpc) is 2.00. The van der Waals surface area contributed by atoms with Gasteiger partial charge in [0.1, 0.15) is 6.42 Å². The van der Waals surface area contributed by atoms with Gasteiger partial charge in [-0.3, -0.25) is 4.79 Å². The van der Waals surface area contributed by atoms with Crippen molar-refractivity contribution < 1.29 is 4.79 Å². The zero-order chi connectivity index (χ0) is 10.3. The third kappa shape index (κ3) is 7.01. The highest BCUT2D eigenvalue weighted by molar-refractivity contribution is 5.84. The molecule has 0 bridgehead atoms. The number of rotatable bonds is 4. The summed E-state index contributed by atoms with van der Waals surface area (Å²) in [6.45, 7) is 6.01. The van der Waals surface area contributed by atoms with Crippen molar-refractivity contribution in [2.24, 2.45) is 11.0 Å². The van der Waals surface area contributed by atoms with E-state index in [9.17, 15) is 4.79 Å². The van der Waals surface area contributed by atoms with E-state index in [2.05, 4.69) is 24.4 Å². The maximum Gasteiger partial charge on any atom is 0.254 e. The van der Waals surface area contributed by atoms with Gasteiger partial charge in [-0.2, -0.15) is 10.4 Å². The van der Waals surface area contributed by atoms with Crippen molar-refractivity contribution >= 4 is 11.6 Å². The Labute approximate surface area is 78.6 Å². The van der Waals surface area contributed by atoms with Gasteiger partial charge < -0.3 is 0 Å². The first-order valence-electron chi connectivity index (χ1n) is 4.25. The van der Waals surface area contributed by atoms with Crippen LogP contribution in [0.25, 0.3) is 0 Å². The number of hydrogen-bond donors (Lipinski definition) is 1. The molecule has 0 fully saturated rings. The quantitative estimate of drug-likeness (QED) is 0.526. The zero-order valence-electron chi connectivity index (χ0n) is 8.29. The van der Waals surface area contributed by atoms with Crippen molar-refractivity contribution in [1.29, 1.82) is 5.26 Å². The molecule has 4 heteroatoms. The number of nitriles is 1. The minimum Gasteiger partial charge on any atom is -0.272 e. The summed E-state index contributed by atoms with van der Waals surface area (Å²) in [4.78, 5) is 10.8. The van der Waals surface area contributed by atoms with E-state index in [1.165, 1.54) is 0 Å². The molecule has 0 rings (SSSR count). The predicted molar refractivity (Wildman–Crippen MR) is 50.9 cm³/mol. The summed E-state index contributed by atoms with van der Waals surface area (Å²) in [6, 6.07) is 1.75. The van der Waals surface area contributed by atoms with E-state index in [0.717, 1.165) is 12.1 Å². The molecule has 72 valence electrons. The number of nitrogens with one attached hydrogen (secondary N) is 1. The lowest BCUT2D eigenvalue weighted by Crippen LogP contribution is -2.18. The minimum atomic E-state index is -0.356. The molecule has 0 aliphatic rings. The number of hydrazone groups is 1.